The molecule has 1 saturated heterocycles. The summed E-state index contributed by atoms with van der Waals surface area (Å²) < 4.78 is 22.0. The Morgan fingerprint density at radius 2 is 1.88 bits per heavy atom. The van der Waals surface area contributed by atoms with Gasteiger partial charge in [0, 0.05) is 19.3 Å². The molecule has 0 atom stereocenters. The number of halogens is 1. The van der Waals surface area contributed by atoms with E-state index >= 15 is 0 Å². The zero-order valence-electron chi connectivity index (χ0n) is 10.1. The Kier molecular flexibility index (Phi) is 7.55. The quantitative estimate of drug-likeness (QED) is 0.785. The van der Waals surface area contributed by atoms with Gasteiger partial charge in [-0.1, -0.05) is 0 Å². The summed E-state index contributed by atoms with van der Waals surface area (Å²) >= 11 is 0. The molecule has 1 fully saturated rings. The maximum absolute atomic E-state index is 11.0. The number of nitrogens with zero attached hydrogens (tertiary/aromatic N) is 1. The minimum atomic E-state index is -2.81. The van der Waals surface area contributed by atoms with Crippen LogP contribution in [0.5, 0.6) is 0 Å². The molecule has 16 heavy (non-hydrogen) atoms. The standard InChI is InChI=1S/C10H22N2O2S.ClH/c1-12(7-8-15(2,13)14)9-10-3-5-11-6-4-10;/h10-11H,3-9H2,1-2H3;1H. The molecular weight excluding hydrogens is 248 g/mol. The van der Waals surface area contributed by atoms with Crippen molar-refractivity contribution in [1.29, 1.82) is 0 Å². The number of sulfone groups is 1. The van der Waals surface area contributed by atoms with Gasteiger partial charge in [0.05, 0.1) is 5.75 Å². The third kappa shape index (κ3) is 7.44. The molecule has 0 aromatic carbocycles. The van der Waals surface area contributed by atoms with Crippen molar-refractivity contribution in [2.45, 2.75) is 12.8 Å². The molecule has 0 radical (unpaired) electrons. The lowest BCUT2D eigenvalue weighted by Gasteiger charge is -2.27. The van der Waals surface area contributed by atoms with Crippen LogP contribution in [0.25, 0.3) is 0 Å². The van der Waals surface area contributed by atoms with Crippen LogP contribution in [-0.4, -0.2) is 58.6 Å². The van der Waals surface area contributed by atoms with E-state index in [2.05, 4.69) is 10.2 Å². The molecule has 0 saturated carbocycles. The summed E-state index contributed by atoms with van der Waals surface area (Å²) in [4.78, 5) is 2.14. The first-order chi connectivity index (χ1) is 6.97. The second-order valence-corrected chi connectivity index (χ2v) is 6.85. The van der Waals surface area contributed by atoms with Gasteiger partial charge in [0.2, 0.25) is 0 Å². The molecule has 0 aromatic rings. The van der Waals surface area contributed by atoms with E-state index in [0.717, 1.165) is 25.6 Å². The van der Waals surface area contributed by atoms with Gasteiger partial charge in [0.25, 0.3) is 0 Å². The van der Waals surface area contributed by atoms with E-state index in [-0.39, 0.29) is 18.2 Å². The highest BCUT2D eigenvalue weighted by Crippen LogP contribution is 2.12. The molecule has 0 unspecified atom stereocenters. The Hall–Kier alpha value is 0.160. The van der Waals surface area contributed by atoms with Gasteiger partial charge in [-0.3, -0.25) is 0 Å². The lowest BCUT2D eigenvalue weighted by atomic mass is 9.98. The molecule has 0 spiro atoms. The number of nitrogens with one attached hydrogen (secondary N) is 1. The largest absolute Gasteiger partial charge is 0.317 e. The predicted octanol–water partition coefficient (Wildman–Crippen LogP) is 0.384. The van der Waals surface area contributed by atoms with Crippen molar-refractivity contribution in [3.8, 4) is 0 Å². The maximum atomic E-state index is 11.0. The summed E-state index contributed by atoms with van der Waals surface area (Å²) in [5, 5.41) is 3.33. The molecule has 4 nitrogen and oxygen atoms in total. The fourth-order valence-electron chi connectivity index (χ4n) is 1.92. The van der Waals surface area contributed by atoms with Crippen LogP contribution in [0.4, 0.5) is 0 Å². The van der Waals surface area contributed by atoms with E-state index in [1.54, 1.807) is 0 Å². The number of hydrogen-bond acceptors (Lipinski definition) is 4. The Balaban J connectivity index is 0.00000225. The van der Waals surface area contributed by atoms with Crippen LogP contribution in [0.15, 0.2) is 0 Å². The summed E-state index contributed by atoms with van der Waals surface area (Å²) in [5.74, 6) is 1.00. The minimum Gasteiger partial charge on any atom is -0.317 e. The Bertz CT molecular complexity index is 277. The molecule has 0 bridgehead atoms. The summed E-state index contributed by atoms with van der Waals surface area (Å²) in [6.45, 7) is 3.88. The lowest BCUT2D eigenvalue weighted by molar-refractivity contribution is 0.249. The Morgan fingerprint density at radius 1 is 1.31 bits per heavy atom. The van der Waals surface area contributed by atoms with Crippen LogP contribution in [0.2, 0.25) is 0 Å². The molecule has 1 heterocycles. The summed E-state index contributed by atoms with van der Waals surface area (Å²) in [7, 11) is -0.807. The van der Waals surface area contributed by atoms with E-state index in [0.29, 0.717) is 6.54 Å². The van der Waals surface area contributed by atoms with Crippen molar-refractivity contribution < 1.29 is 8.42 Å². The molecule has 98 valence electrons. The predicted molar refractivity (Wildman–Crippen MR) is 70.0 cm³/mol. The summed E-state index contributed by atoms with van der Waals surface area (Å²) in [6.07, 6.45) is 3.72. The topological polar surface area (TPSA) is 49.4 Å². The van der Waals surface area contributed by atoms with Crippen molar-refractivity contribution in [2.75, 3.05) is 45.2 Å². The van der Waals surface area contributed by atoms with Crippen molar-refractivity contribution in [2.24, 2.45) is 5.92 Å². The van der Waals surface area contributed by atoms with Crippen molar-refractivity contribution in [3.05, 3.63) is 0 Å². The lowest BCUT2D eigenvalue weighted by Crippen LogP contribution is -2.36. The highest BCUT2D eigenvalue weighted by Gasteiger charge is 2.15. The van der Waals surface area contributed by atoms with E-state index in [9.17, 15) is 8.42 Å². The fourth-order valence-corrected chi connectivity index (χ4v) is 2.56. The second-order valence-electron chi connectivity index (χ2n) is 4.59. The monoisotopic (exact) mass is 270 g/mol. The van der Waals surface area contributed by atoms with Gasteiger partial charge in [-0.05, 0) is 38.9 Å². The third-order valence-electron chi connectivity index (χ3n) is 2.87. The SMILES string of the molecule is CN(CCS(C)(=O)=O)CC1CCNCC1.Cl. The zero-order valence-corrected chi connectivity index (χ0v) is 11.7. The molecule has 1 aliphatic rings. The van der Waals surface area contributed by atoms with Crippen LogP contribution in [0, 0.1) is 5.92 Å². The van der Waals surface area contributed by atoms with Gasteiger partial charge >= 0.3 is 0 Å². The van der Waals surface area contributed by atoms with Gasteiger partial charge in [-0.2, -0.15) is 0 Å². The van der Waals surface area contributed by atoms with Gasteiger partial charge in [-0.15, -0.1) is 12.4 Å². The Morgan fingerprint density at radius 3 is 2.38 bits per heavy atom. The normalized spacial score (nSPS) is 18.4. The number of hydrogen-bond donors (Lipinski definition) is 1. The second kappa shape index (κ2) is 7.48. The first-order valence-corrected chi connectivity index (χ1v) is 7.60. The minimum absolute atomic E-state index is 0. The molecule has 0 aliphatic carbocycles. The van der Waals surface area contributed by atoms with Crippen LogP contribution in [-0.2, 0) is 9.84 Å². The van der Waals surface area contributed by atoms with Crippen molar-refractivity contribution in [3.63, 3.8) is 0 Å². The smallest absolute Gasteiger partial charge is 0.148 e. The molecule has 6 heteroatoms. The van der Waals surface area contributed by atoms with Gasteiger partial charge in [0.15, 0.2) is 0 Å². The molecular formula is C10H23ClN2O2S. The number of rotatable bonds is 5. The van der Waals surface area contributed by atoms with Crippen LogP contribution >= 0.6 is 12.4 Å². The van der Waals surface area contributed by atoms with Crippen LogP contribution in [0.1, 0.15) is 12.8 Å². The highest BCUT2D eigenvalue weighted by molar-refractivity contribution is 7.90. The van der Waals surface area contributed by atoms with Crippen LogP contribution in [0.3, 0.4) is 0 Å². The average molecular weight is 271 g/mol. The van der Waals surface area contributed by atoms with Gasteiger partial charge in [-0.25, -0.2) is 8.42 Å². The third-order valence-corrected chi connectivity index (χ3v) is 3.80. The van der Waals surface area contributed by atoms with E-state index in [1.807, 2.05) is 7.05 Å². The van der Waals surface area contributed by atoms with Gasteiger partial charge < -0.3 is 10.2 Å². The molecule has 1 N–H and O–H groups in total. The first-order valence-electron chi connectivity index (χ1n) is 5.54. The molecule has 1 aliphatic heterocycles. The maximum Gasteiger partial charge on any atom is 0.148 e. The van der Waals surface area contributed by atoms with Gasteiger partial charge in [0.1, 0.15) is 9.84 Å². The molecule has 0 amide bonds. The highest BCUT2D eigenvalue weighted by atomic mass is 35.5. The van der Waals surface area contributed by atoms with E-state index < -0.39 is 9.84 Å². The Labute approximate surface area is 105 Å². The first kappa shape index (κ1) is 16.2. The molecule has 1 rings (SSSR count). The zero-order chi connectivity index (χ0) is 11.3. The van der Waals surface area contributed by atoms with Crippen LogP contribution < -0.4 is 5.32 Å². The average Bonchev–Trinajstić information content (AvgIpc) is 2.15. The van der Waals surface area contributed by atoms with E-state index in [1.165, 1.54) is 19.1 Å². The number of piperidine rings is 1. The molecule has 0 aromatic heterocycles. The van der Waals surface area contributed by atoms with Crippen molar-refractivity contribution >= 4 is 22.2 Å². The summed E-state index contributed by atoms with van der Waals surface area (Å²) in [5.41, 5.74) is 0. The fraction of sp³-hybridized carbons (Fsp3) is 1.00. The summed E-state index contributed by atoms with van der Waals surface area (Å²) in [6, 6.07) is 0. The van der Waals surface area contributed by atoms with E-state index in [4.69, 9.17) is 0 Å². The van der Waals surface area contributed by atoms with Crippen molar-refractivity contribution in [1.82, 2.24) is 10.2 Å².